The molecule has 0 saturated carbocycles. The van der Waals surface area contributed by atoms with Gasteiger partial charge in [0.1, 0.15) is 0 Å². The van der Waals surface area contributed by atoms with E-state index in [1.807, 2.05) is 4.90 Å². The van der Waals surface area contributed by atoms with E-state index in [9.17, 15) is 4.79 Å². The number of carbonyl (C=O) groups excluding carboxylic acids is 1. The number of nitrogens with zero attached hydrogens (tertiary/aromatic N) is 2. The first-order valence-electron chi connectivity index (χ1n) is 11.3. The fraction of sp³-hybridized carbons (Fsp3) is 0.520. The monoisotopic (exact) mass is 410 g/mol. The lowest BCUT2D eigenvalue weighted by molar-refractivity contribution is -0.134. The average molecular weight is 411 g/mol. The van der Waals surface area contributed by atoms with Crippen molar-refractivity contribution in [3.05, 3.63) is 48.2 Å². The maximum Gasteiger partial charge on any atom is 0.230 e. The van der Waals surface area contributed by atoms with Crippen molar-refractivity contribution in [3.8, 4) is 0 Å². The molecule has 2 N–H and O–H groups in total. The summed E-state index contributed by atoms with van der Waals surface area (Å²) in [5.41, 5.74) is 5.21. The van der Waals surface area contributed by atoms with Crippen molar-refractivity contribution in [2.75, 3.05) is 26.7 Å². The molecule has 1 aliphatic heterocycles. The first-order valence-corrected chi connectivity index (χ1v) is 11.3. The predicted octanol–water partition coefficient (Wildman–Crippen LogP) is 4.62. The Hall–Kier alpha value is -2.11. The van der Waals surface area contributed by atoms with E-state index in [1.165, 1.54) is 34.2 Å². The van der Waals surface area contributed by atoms with E-state index in [0.717, 1.165) is 45.3 Å². The first-order chi connectivity index (χ1) is 14.5. The zero-order valence-electron chi connectivity index (χ0n) is 18.8. The summed E-state index contributed by atoms with van der Waals surface area (Å²) in [5.74, 6) is 0.210. The second-order valence-electron chi connectivity index (χ2n) is 8.27. The van der Waals surface area contributed by atoms with Gasteiger partial charge in [-0.1, -0.05) is 38.0 Å². The Morgan fingerprint density at radius 3 is 2.70 bits per heavy atom. The topological polar surface area (TPSA) is 59.6 Å². The zero-order chi connectivity index (χ0) is 21.7. The van der Waals surface area contributed by atoms with E-state index >= 15 is 0 Å². The summed E-state index contributed by atoms with van der Waals surface area (Å²) in [6.07, 6.45) is 8.53. The summed E-state index contributed by atoms with van der Waals surface area (Å²) in [4.78, 5) is 20.6. The predicted molar refractivity (Wildman–Crippen MR) is 124 cm³/mol. The highest BCUT2D eigenvalue weighted by atomic mass is 16.2. The van der Waals surface area contributed by atoms with Crippen LogP contribution in [-0.2, 0) is 11.2 Å². The number of likely N-dealkylation sites (N-methyl/N-ethyl adjacent to an activating group) is 1. The average Bonchev–Trinajstić information content (AvgIpc) is 3.18. The van der Waals surface area contributed by atoms with Gasteiger partial charge in [-0.05, 0) is 56.5 Å². The number of H-pyrrole nitrogens is 1. The number of carbonyl (C=O) groups is 1. The SMILES string of the molecule is CCCC[CH]O.CCN(CC)C(=O)[C@@H]1C=C2c3cccc4[nH]cc(c34)C[C@H]2N(C)C1. The molecule has 2 heterocycles. The van der Waals surface area contributed by atoms with Crippen molar-refractivity contribution in [3.63, 3.8) is 0 Å². The molecule has 1 radical (unpaired) electrons. The molecule has 5 heteroatoms. The zero-order valence-corrected chi connectivity index (χ0v) is 18.8. The molecule has 1 aliphatic carbocycles. The lowest BCUT2D eigenvalue weighted by Gasteiger charge is -2.40. The van der Waals surface area contributed by atoms with Crippen molar-refractivity contribution in [2.24, 2.45) is 5.92 Å². The van der Waals surface area contributed by atoms with Crippen molar-refractivity contribution < 1.29 is 9.90 Å². The van der Waals surface area contributed by atoms with Gasteiger partial charge >= 0.3 is 0 Å². The molecule has 0 bridgehead atoms. The summed E-state index contributed by atoms with van der Waals surface area (Å²) >= 11 is 0. The summed E-state index contributed by atoms with van der Waals surface area (Å²) < 4.78 is 0. The van der Waals surface area contributed by atoms with Gasteiger partial charge in [-0.15, -0.1) is 0 Å². The fourth-order valence-electron chi connectivity index (χ4n) is 4.67. The van der Waals surface area contributed by atoms with E-state index in [-0.39, 0.29) is 11.8 Å². The molecule has 2 atom stereocenters. The number of aromatic amines is 1. The van der Waals surface area contributed by atoms with Crippen LogP contribution in [-0.4, -0.2) is 58.5 Å². The van der Waals surface area contributed by atoms with Gasteiger partial charge in [-0.25, -0.2) is 0 Å². The smallest absolute Gasteiger partial charge is 0.230 e. The Bertz CT molecular complexity index is 878. The number of aliphatic hydroxyl groups is 1. The second-order valence-corrected chi connectivity index (χ2v) is 8.27. The maximum absolute atomic E-state index is 12.9. The van der Waals surface area contributed by atoms with Gasteiger partial charge in [0.25, 0.3) is 0 Å². The number of fused-ring (bicyclic) bond motifs is 2. The van der Waals surface area contributed by atoms with Crippen LogP contribution in [0.2, 0.25) is 0 Å². The van der Waals surface area contributed by atoms with Crippen LogP contribution in [0.5, 0.6) is 0 Å². The summed E-state index contributed by atoms with van der Waals surface area (Å²) in [7, 11) is 2.15. The molecule has 1 amide bonds. The van der Waals surface area contributed by atoms with Crippen molar-refractivity contribution in [2.45, 2.75) is 52.5 Å². The summed E-state index contributed by atoms with van der Waals surface area (Å²) in [5, 5.41) is 9.41. The van der Waals surface area contributed by atoms with Crippen LogP contribution in [0.1, 0.15) is 51.2 Å². The molecule has 4 rings (SSSR count). The highest BCUT2D eigenvalue weighted by Gasteiger charge is 2.36. The third-order valence-corrected chi connectivity index (χ3v) is 6.35. The third kappa shape index (κ3) is 4.47. The molecule has 0 spiro atoms. The molecule has 2 aliphatic rings. The standard InChI is InChI=1S/C20H25N3O.C5H11O/c1-4-23(5-2)20(24)14-9-16-15-7-6-8-17-19(15)13(11-21-17)10-18(16)22(3)12-14;1-2-3-4-5-6/h6-9,11,14,18,21H,4-5,10,12H2,1-3H3;5-6H,2-4H2,1H3/t14-,18-;/m1./s1. The molecule has 1 aromatic carbocycles. The third-order valence-electron chi connectivity index (χ3n) is 6.35. The lowest BCUT2D eigenvalue weighted by Crippen LogP contribution is -2.47. The van der Waals surface area contributed by atoms with Gasteiger partial charge in [-0.2, -0.15) is 0 Å². The minimum Gasteiger partial charge on any atom is -0.390 e. The Morgan fingerprint density at radius 1 is 1.30 bits per heavy atom. The summed E-state index contributed by atoms with van der Waals surface area (Å²) in [6.45, 7) is 9.78. The van der Waals surface area contributed by atoms with Gasteiger partial charge in [0.2, 0.25) is 5.91 Å². The van der Waals surface area contributed by atoms with Gasteiger partial charge < -0.3 is 15.0 Å². The Labute approximate surface area is 180 Å². The van der Waals surface area contributed by atoms with Gasteiger partial charge in [0.05, 0.1) is 12.5 Å². The van der Waals surface area contributed by atoms with Crippen LogP contribution in [0.15, 0.2) is 30.5 Å². The van der Waals surface area contributed by atoms with E-state index in [2.05, 4.69) is 68.2 Å². The van der Waals surface area contributed by atoms with Crippen LogP contribution in [0.3, 0.4) is 0 Å². The quantitative estimate of drug-likeness (QED) is 0.684. The molecule has 30 heavy (non-hydrogen) atoms. The molecular weight excluding hydrogens is 374 g/mol. The number of amides is 1. The van der Waals surface area contributed by atoms with Crippen molar-refractivity contribution in [1.29, 1.82) is 0 Å². The molecule has 1 aromatic heterocycles. The molecule has 5 nitrogen and oxygen atoms in total. The van der Waals surface area contributed by atoms with Crippen molar-refractivity contribution in [1.82, 2.24) is 14.8 Å². The molecule has 0 saturated heterocycles. The molecule has 0 unspecified atom stereocenters. The molecular formula is C25H36N3O2. The van der Waals surface area contributed by atoms with Crippen LogP contribution < -0.4 is 0 Å². The van der Waals surface area contributed by atoms with E-state index in [1.54, 1.807) is 0 Å². The number of unbranched alkanes of at least 4 members (excludes halogenated alkanes) is 2. The number of hydrogen-bond acceptors (Lipinski definition) is 3. The highest BCUT2D eigenvalue weighted by Crippen LogP contribution is 2.40. The number of aliphatic hydroxyl groups excluding tert-OH is 1. The van der Waals surface area contributed by atoms with Crippen LogP contribution >= 0.6 is 0 Å². The minimum absolute atomic E-state index is 0.0445. The van der Waals surface area contributed by atoms with Crippen LogP contribution in [0, 0.1) is 12.5 Å². The highest BCUT2D eigenvalue weighted by molar-refractivity contribution is 5.99. The van der Waals surface area contributed by atoms with E-state index in [4.69, 9.17) is 5.11 Å². The molecule has 0 fully saturated rings. The summed E-state index contributed by atoms with van der Waals surface area (Å²) in [6, 6.07) is 6.82. The van der Waals surface area contributed by atoms with Crippen molar-refractivity contribution >= 4 is 22.4 Å². The maximum atomic E-state index is 12.9. The van der Waals surface area contributed by atoms with E-state index < -0.39 is 0 Å². The molecule has 163 valence electrons. The number of rotatable bonds is 6. The number of hydrogen-bond donors (Lipinski definition) is 2. The number of benzene rings is 1. The fourth-order valence-corrected chi connectivity index (χ4v) is 4.67. The number of nitrogens with one attached hydrogen (secondary N) is 1. The van der Waals surface area contributed by atoms with Crippen LogP contribution in [0.4, 0.5) is 0 Å². The Morgan fingerprint density at radius 2 is 2.07 bits per heavy atom. The minimum atomic E-state index is -0.0445. The normalized spacial score (nSPS) is 20.2. The molecule has 2 aromatic rings. The van der Waals surface area contributed by atoms with Gasteiger partial charge in [0, 0.05) is 42.8 Å². The first kappa shape index (κ1) is 22.6. The Kier molecular flexibility index (Phi) is 7.73. The lowest BCUT2D eigenvalue weighted by atomic mass is 9.79. The van der Waals surface area contributed by atoms with Crippen LogP contribution in [0.25, 0.3) is 16.5 Å². The van der Waals surface area contributed by atoms with E-state index in [0.29, 0.717) is 6.04 Å². The number of aromatic nitrogens is 1. The second kappa shape index (κ2) is 10.3. The largest absolute Gasteiger partial charge is 0.390 e. The van der Waals surface area contributed by atoms with Gasteiger partial charge in [-0.3, -0.25) is 9.69 Å². The Balaban J connectivity index is 0.000000377. The van der Waals surface area contributed by atoms with Gasteiger partial charge in [0.15, 0.2) is 0 Å².